The van der Waals surface area contributed by atoms with E-state index in [0.29, 0.717) is 43.5 Å². The molecule has 1 saturated heterocycles. The van der Waals surface area contributed by atoms with Gasteiger partial charge in [-0.15, -0.1) is 10.2 Å². The summed E-state index contributed by atoms with van der Waals surface area (Å²) >= 11 is 1.39. The number of hydrogen-bond acceptors (Lipinski definition) is 7. The smallest absolute Gasteiger partial charge is 0.309 e. The highest BCUT2D eigenvalue weighted by atomic mass is 32.2. The molecule has 0 bridgehead atoms. The molecule has 28 heavy (non-hydrogen) atoms. The molecule has 0 saturated carbocycles. The normalized spacial score (nSPS) is 16.0. The van der Waals surface area contributed by atoms with Gasteiger partial charge in [0.1, 0.15) is 0 Å². The number of carbonyl (C=O) groups is 2. The molecular weight excluding hydrogens is 378 g/mol. The summed E-state index contributed by atoms with van der Waals surface area (Å²) in [5, 5.41) is 8.86. The molecular formula is C19H25N5O3S. The fourth-order valence-corrected chi connectivity index (χ4v) is 4.12. The molecule has 1 unspecified atom stereocenters. The van der Waals surface area contributed by atoms with Gasteiger partial charge in [0.25, 0.3) is 0 Å². The molecule has 2 aromatic rings. The van der Waals surface area contributed by atoms with Crippen LogP contribution in [0.4, 0.5) is 0 Å². The molecule has 1 atom stereocenters. The van der Waals surface area contributed by atoms with Crippen LogP contribution in [0.15, 0.2) is 29.7 Å². The van der Waals surface area contributed by atoms with E-state index >= 15 is 0 Å². The molecule has 9 heteroatoms. The number of thioether (sulfide) groups is 1. The number of hydrogen-bond donors (Lipinski definition) is 0. The summed E-state index contributed by atoms with van der Waals surface area (Å²) in [7, 11) is 1.88. The quantitative estimate of drug-likeness (QED) is 0.539. The predicted molar refractivity (Wildman–Crippen MR) is 105 cm³/mol. The molecule has 0 N–H and O–H groups in total. The van der Waals surface area contributed by atoms with E-state index in [2.05, 4.69) is 15.2 Å². The SMILES string of the molecule is CCOC(=O)C1CCN(C(=O)C(C)Sc2nnc(-c3cccnc3)n2C)CC1. The molecule has 0 radical (unpaired) electrons. The van der Waals surface area contributed by atoms with Crippen molar-refractivity contribution in [2.24, 2.45) is 13.0 Å². The summed E-state index contributed by atoms with van der Waals surface area (Å²) in [4.78, 5) is 30.6. The summed E-state index contributed by atoms with van der Waals surface area (Å²) in [6.45, 7) is 5.23. The molecule has 8 nitrogen and oxygen atoms in total. The number of carbonyl (C=O) groups excluding carboxylic acids is 2. The van der Waals surface area contributed by atoms with Crippen molar-refractivity contribution in [3.8, 4) is 11.4 Å². The van der Waals surface area contributed by atoms with Gasteiger partial charge in [-0.1, -0.05) is 11.8 Å². The van der Waals surface area contributed by atoms with Crippen molar-refractivity contribution in [3.63, 3.8) is 0 Å². The van der Waals surface area contributed by atoms with E-state index in [9.17, 15) is 9.59 Å². The van der Waals surface area contributed by atoms with E-state index < -0.39 is 0 Å². The van der Waals surface area contributed by atoms with E-state index in [1.54, 1.807) is 12.4 Å². The van der Waals surface area contributed by atoms with Crippen molar-refractivity contribution in [1.82, 2.24) is 24.6 Å². The van der Waals surface area contributed by atoms with Crippen LogP contribution in [-0.4, -0.2) is 61.5 Å². The van der Waals surface area contributed by atoms with Gasteiger partial charge in [0, 0.05) is 38.1 Å². The maximum Gasteiger partial charge on any atom is 0.309 e. The minimum Gasteiger partial charge on any atom is -0.466 e. The summed E-state index contributed by atoms with van der Waals surface area (Å²) in [6.07, 6.45) is 4.75. The largest absolute Gasteiger partial charge is 0.466 e. The second-order valence-electron chi connectivity index (χ2n) is 6.72. The Bertz CT molecular complexity index is 818. The zero-order valence-corrected chi connectivity index (χ0v) is 17.2. The number of rotatable bonds is 6. The number of amides is 1. The molecule has 0 aliphatic carbocycles. The number of esters is 1. The lowest BCUT2D eigenvalue weighted by Crippen LogP contribution is -2.43. The summed E-state index contributed by atoms with van der Waals surface area (Å²) in [5.74, 6) is 0.510. The lowest BCUT2D eigenvalue weighted by atomic mass is 9.97. The third-order valence-electron chi connectivity index (χ3n) is 4.81. The number of piperidine rings is 1. The maximum absolute atomic E-state index is 12.8. The maximum atomic E-state index is 12.8. The van der Waals surface area contributed by atoms with E-state index in [1.807, 2.05) is 42.5 Å². The van der Waals surface area contributed by atoms with E-state index in [4.69, 9.17) is 4.74 Å². The topological polar surface area (TPSA) is 90.2 Å². The molecule has 1 aliphatic rings. The minimum absolute atomic E-state index is 0.0539. The van der Waals surface area contributed by atoms with Gasteiger partial charge in [0.05, 0.1) is 17.8 Å². The zero-order valence-electron chi connectivity index (χ0n) is 16.4. The lowest BCUT2D eigenvalue weighted by Gasteiger charge is -2.32. The van der Waals surface area contributed by atoms with Gasteiger partial charge >= 0.3 is 5.97 Å². The van der Waals surface area contributed by atoms with Gasteiger partial charge in [-0.2, -0.15) is 0 Å². The van der Waals surface area contributed by atoms with Gasteiger partial charge in [-0.25, -0.2) is 0 Å². The molecule has 3 heterocycles. The van der Waals surface area contributed by atoms with Crippen LogP contribution in [0.3, 0.4) is 0 Å². The Morgan fingerprint density at radius 1 is 1.32 bits per heavy atom. The fourth-order valence-electron chi connectivity index (χ4n) is 3.23. The zero-order chi connectivity index (χ0) is 20.1. The first-order valence-electron chi connectivity index (χ1n) is 9.43. The third-order valence-corrected chi connectivity index (χ3v) is 5.93. The number of ether oxygens (including phenoxy) is 1. The standard InChI is InChI=1S/C19H25N5O3S/c1-4-27-18(26)14-7-10-24(11-8-14)17(25)13(2)28-19-22-21-16(23(19)3)15-6-5-9-20-12-15/h5-6,9,12-14H,4,7-8,10-11H2,1-3H3. The highest BCUT2D eigenvalue weighted by Crippen LogP contribution is 2.27. The fraction of sp³-hybridized carbons (Fsp3) is 0.526. The second-order valence-corrected chi connectivity index (χ2v) is 8.03. The molecule has 0 spiro atoms. The lowest BCUT2D eigenvalue weighted by molar-refractivity contribution is -0.151. The van der Waals surface area contributed by atoms with Crippen LogP contribution in [0.5, 0.6) is 0 Å². The molecule has 1 fully saturated rings. The Morgan fingerprint density at radius 3 is 2.71 bits per heavy atom. The minimum atomic E-state index is -0.288. The van der Waals surface area contributed by atoms with Crippen LogP contribution in [0.25, 0.3) is 11.4 Å². The highest BCUT2D eigenvalue weighted by Gasteiger charge is 2.31. The molecule has 2 aromatic heterocycles. The summed E-state index contributed by atoms with van der Waals surface area (Å²) < 4.78 is 6.96. The highest BCUT2D eigenvalue weighted by molar-refractivity contribution is 8.00. The first-order valence-corrected chi connectivity index (χ1v) is 10.3. The molecule has 0 aromatic carbocycles. The number of pyridine rings is 1. The van der Waals surface area contributed by atoms with Crippen molar-refractivity contribution in [3.05, 3.63) is 24.5 Å². The third kappa shape index (κ3) is 4.52. The van der Waals surface area contributed by atoms with Crippen LogP contribution in [0.2, 0.25) is 0 Å². The van der Waals surface area contributed by atoms with Crippen LogP contribution in [0.1, 0.15) is 26.7 Å². The van der Waals surface area contributed by atoms with E-state index in [0.717, 1.165) is 5.56 Å². The van der Waals surface area contributed by atoms with Crippen LogP contribution in [0, 0.1) is 5.92 Å². The first kappa shape index (κ1) is 20.3. The molecule has 1 aliphatic heterocycles. The Kier molecular flexibility index (Phi) is 6.66. The Labute approximate surface area is 168 Å². The number of nitrogens with zero attached hydrogens (tertiary/aromatic N) is 5. The molecule has 3 rings (SSSR count). The average Bonchev–Trinajstić information content (AvgIpc) is 3.08. The van der Waals surface area contributed by atoms with Crippen molar-refractivity contribution in [2.45, 2.75) is 37.1 Å². The van der Waals surface area contributed by atoms with Crippen LogP contribution < -0.4 is 0 Å². The Balaban J connectivity index is 1.58. The van der Waals surface area contributed by atoms with Crippen LogP contribution >= 0.6 is 11.8 Å². The van der Waals surface area contributed by atoms with Crippen molar-refractivity contribution in [1.29, 1.82) is 0 Å². The number of aromatic nitrogens is 4. The Hall–Kier alpha value is -2.42. The van der Waals surface area contributed by atoms with Crippen molar-refractivity contribution < 1.29 is 14.3 Å². The van der Waals surface area contributed by atoms with E-state index in [1.165, 1.54) is 11.8 Å². The monoisotopic (exact) mass is 403 g/mol. The molecule has 1 amide bonds. The van der Waals surface area contributed by atoms with Gasteiger partial charge in [-0.05, 0) is 38.8 Å². The first-order chi connectivity index (χ1) is 13.5. The Morgan fingerprint density at radius 2 is 2.07 bits per heavy atom. The summed E-state index contributed by atoms with van der Waals surface area (Å²) in [5.41, 5.74) is 0.879. The molecule has 150 valence electrons. The second kappa shape index (κ2) is 9.18. The van der Waals surface area contributed by atoms with Gasteiger partial charge in [0.2, 0.25) is 5.91 Å². The van der Waals surface area contributed by atoms with E-state index in [-0.39, 0.29) is 23.0 Å². The number of likely N-dealkylation sites (tertiary alicyclic amines) is 1. The summed E-state index contributed by atoms with van der Waals surface area (Å²) in [6, 6.07) is 3.77. The predicted octanol–water partition coefficient (Wildman–Crippen LogP) is 2.16. The van der Waals surface area contributed by atoms with Gasteiger partial charge in [-0.3, -0.25) is 14.6 Å². The van der Waals surface area contributed by atoms with Gasteiger partial charge < -0.3 is 14.2 Å². The van der Waals surface area contributed by atoms with Crippen molar-refractivity contribution >= 4 is 23.6 Å². The van der Waals surface area contributed by atoms with Crippen LogP contribution in [-0.2, 0) is 21.4 Å². The van der Waals surface area contributed by atoms with Crippen molar-refractivity contribution in [2.75, 3.05) is 19.7 Å². The average molecular weight is 404 g/mol. The van der Waals surface area contributed by atoms with Gasteiger partial charge in [0.15, 0.2) is 11.0 Å².